The number of carbonyl (C=O) groups excluding carboxylic acids is 2. The quantitative estimate of drug-likeness (QED) is 0.742. The molecule has 0 radical (unpaired) electrons. The summed E-state index contributed by atoms with van der Waals surface area (Å²) in [6.45, 7) is 0.378. The Morgan fingerprint density at radius 1 is 1.12 bits per heavy atom. The summed E-state index contributed by atoms with van der Waals surface area (Å²) in [6.07, 6.45) is 1.34. The molecular formula is C24H24N4O4. The second kappa shape index (κ2) is 8.81. The van der Waals surface area contributed by atoms with Crippen LogP contribution in [0.1, 0.15) is 34.3 Å². The second-order valence-corrected chi connectivity index (χ2v) is 8.22. The Morgan fingerprint density at radius 2 is 1.84 bits per heavy atom. The van der Waals surface area contributed by atoms with Crippen LogP contribution >= 0.6 is 0 Å². The van der Waals surface area contributed by atoms with Crippen LogP contribution in [0.3, 0.4) is 0 Å². The average Bonchev–Trinajstić information content (AvgIpc) is 3.04. The van der Waals surface area contributed by atoms with Gasteiger partial charge in [0.1, 0.15) is 6.54 Å². The van der Waals surface area contributed by atoms with E-state index in [1.807, 2.05) is 36.4 Å². The Bertz CT molecular complexity index is 1070. The fourth-order valence-corrected chi connectivity index (χ4v) is 4.61. The monoisotopic (exact) mass is 432 g/mol. The van der Waals surface area contributed by atoms with Gasteiger partial charge in [-0.05, 0) is 30.2 Å². The molecule has 2 aliphatic heterocycles. The van der Waals surface area contributed by atoms with Gasteiger partial charge in [0.15, 0.2) is 0 Å². The van der Waals surface area contributed by atoms with Crippen LogP contribution in [0.5, 0.6) is 0 Å². The van der Waals surface area contributed by atoms with Crippen LogP contribution < -0.4 is 5.32 Å². The maximum Gasteiger partial charge on any atom is 0.323 e. The summed E-state index contributed by atoms with van der Waals surface area (Å²) in [7, 11) is 0. The van der Waals surface area contributed by atoms with Crippen LogP contribution in [0.2, 0.25) is 0 Å². The highest BCUT2D eigenvalue weighted by Crippen LogP contribution is 2.33. The Kier molecular flexibility index (Phi) is 5.93. The number of likely N-dealkylation sites (tertiary alicyclic amines) is 1. The predicted molar refractivity (Wildman–Crippen MR) is 115 cm³/mol. The van der Waals surface area contributed by atoms with Crippen molar-refractivity contribution in [2.75, 3.05) is 19.6 Å². The summed E-state index contributed by atoms with van der Waals surface area (Å²) in [4.78, 5) is 40.7. The number of nitrogens with zero attached hydrogens (tertiary/aromatic N) is 3. The summed E-state index contributed by atoms with van der Waals surface area (Å²) in [6, 6.07) is 17.7. The van der Waals surface area contributed by atoms with E-state index in [1.165, 1.54) is 4.90 Å². The minimum atomic E-state index is -1.06. The van der Waals surface area contributed by atoms with E-state index in [1.54, 1.807) is 29.2 Å². The molecule has 8 heteroatoms. The van der Waals surface area contributed by atoms with Gasteiger partial charge in [0.25, 0.3) is 5.91 Å². The van der Waals surface area contributed by atoms with Crippen molar-refractivity contribution in [3.63, 3.8) is 0 Å². The minimum absolute atomic E-state index is 0.174. The molecule has 2 heterocycles. The van der Waals surface area contributed by atoms with Gasteiger partial charge in [0.05, 0.1) is 23.3 Å². The number of hydrogen-bond donors (Lipinski definition) is 2. The van der Waals surface area contributed by atoms with Gasteiger partial charge in [0, 0.05) is 31.5 Å². The van der Waals surface area contributed by atoms with Gasteiger partial charge in [0.2, 0.25) is 5.91 Å². The van der Waals surface area contributed by atoms with Crippen LogP contribution in [0.4, 0.5) is 0 Å². The molecule has 1 spiro atoms. The Morgan fingerprint density at radius 3 is 2.50 bits per heavy atom. The lowest BCUT2D eigenvalue weighted by molar-refractivity contribution is -0.147. The van der Waals surface area contributed by atoms with Gasteiger partial charge >= 0.3 is 5.97 Å². The number of nitriles is 1. The molecule has 2 N–H and O–H groups in total. The lowest BCUT2D eigenvalue weighted by Gasteiger charge is -2.44. The maximum absolute atomic E-state index is 13.1. The molecule has 0 aliphatic carbocycles. The summed E-state index contributed by atoms with van der Waals surface area (Å²) in [5, 5.41) is 21.9. The number of carboxylic acid groups (broad SMARTS) is 1. The summed E-state index contributed by atoms with van der Waals surface area (Å²) in [5.74, 6) is -1.46. The van der Waals surface area contributed by atoms with Crippen molar-refractivity contribution in [1.82, 2.24) is 15.1 Å². The third kappa shape index (κ3) is 4.20. The molecule has 32 heavy (non-hydrogen) atoms. The Hall–Kier alpha value is -3.70. The molecular weight excluding hydrogens is 408 g/mol. The number of amides is 2. The molecule has 8 nitrogen and oxygen atoms in total. The smallest absolute Gasteiger partial charge is 0.323 e. The van der Waals surface area contributed by atoms with E-state index in [9.17, 15) is 19.5 Å². The molecule has 1 atom stereocenters. The molecule has 2 aliphatic rings. The van der Waals surface area contributed by atoms with E-state index >= 15 is 0 Å². The number of carbonyl (C=O) groups is 3. The topological polar surface area (TPSA) is 114 Å². The Labute approximate surface area is 186 Å². The van der Waals surface area contributed by atoms with E-state index in [0.29, 0.717) is 43.5 Å². The molecule has 1 unspecified atom stereocenters. The zero-order valence-corrected chi connectivity index (χ0v) is 17.5. The molecule has 164 valence electrons. The van der Waals surface area contributed by atoms with Gasteiger partial charge in [-0.15, -0.1) is 0 Å². The standard InChI is InChI=1S/C24H24N4O4/c25-15-18-7-4-8-19(13-18)22(31)27-11-9-24(10-12-27)26-20(14-17-5-2-1-3-6-17)23(32)28(24)16-21(29)30/h1-8,13,20,26H,9-12,14,16H2,(H,29,30). The first-order valence-corrected chi connectivity index (χ1v) is 10.6. The molecule has 0 aromatic heterocycles. The Balaban J connectivity index is 1.50. The second-order valence-electron chi connectivity index (χ2n) is 8.22. The first kappa shape index (κ1) is 21.5. The summed E-state index contributed by atoms with van der Waals surface area (Å²) < 4.78 is 0. The number of hydrogen-bond acceptors (Lipinski definition) is 5. The normalized spacial score (nSPS) is 19.7. The molecule has 2 aromatic rings. The first-order valence-electron chi connectivity index (χ1n) is 10.6. The van der Waals surface area contributed by atoms with E-state index in [4.69, 9.17) is 5.26 Å². The maximum atomic E-state index is 13.1. The van der Waals surface area contributed by atoms with Crippen molar-refractivity contribution in [2.45, 2.75) is 31.0 Å². The van der Waals surface area contributed by atoms with Crippen molar-refractivity contribution >= 4 is 17.8 Å². The van der Waals surface area contributed by atoms with Gasteiger partial charge in [-0.2, -0.15) is 5.26 Å². The molecule has 2 aromatic carbocycles. The van der Waals surface area contributed by atoms with Crippen LogP contribution in [0, 0.1) is 11.3 Å². The van der Waals surface area contributed by atoms with Gasteiger partial charge in [-0.3, -0.25) is 19.7 Å². The van der Waals surface area contributed by atoms with E-state index < -0.39 is 17.7 Å². The van der Waals surface area contributed by atoms with Crippen molar-refractivity contribution in [3.8, 4) is 6.07 Å². The van der Waals surface area contributed by atoms with Crippen LogP contribution in [-0.2, 0) is 16.0 Å². The predicted octanol–water partition coefficient (Wildman–Crippen LogP) is 1.62. The molecule has 2 saturated heterocycles. The molecule has 0 saturated carbocycles. The SMILES string of the molecule is N#Cc1cccc(C(=O)N2CCC3(CC2)NC(Cc2ccccc2)C(=O)N3CC(=O)O)c1. The van der Waals surface area contributed by atoms with E-state index in [2.05, 4.69) is 5.32 Å². The van der Waals surface area contributed by atoms with Gasteiger partial charge in [-0.25, -0.2) is 0 Å². The molecule has 0 bridgehead atoms. The molecule has 2 fully saturated rings. The fraction of sp³-hybridized carbons (Fsp3) is 0.333. The number of carboxylic acids is 1. The average molecular weight is 432 g/mol. The van der Waals surface area contributed by atoms with Gasteiger partial charge in [-0.1, -0.05) is 36.4 Å². The molecule has 4 rings (SSSR count). The van der Waals surface area contributed by atoms with Crippen molar-refractivity contribution < 1.29 is 19.5 Å². The van der Waals surface area contributed by atoms with Crippen molar-refractivity contribution in [2.24, 2.45) is 0 Å². The zero-order chi connectivity index (χ0) is 22.7. The summed E-state index contributed by atoms with van der Waals surface area (Å²) >= 11 is 0. The van der Waals surface area contributed by atoms with Crippen LogP contribution in [0.15, 0.2) is 54.6 Å². The number of piperidine rings is 1. The van der Waals surface area contributed by atoms with Crippen molar-refractivity contribution in [3.05, 3.63) is 71.3 Å². The highest BCUT2D eigenvalue weighted by molar-refractivity contribution is 5.95. The third-order valence-electron chi connectivity index (χ3n) is 6.22. The third-order valence-corrected chi connectivity index (χ3v) is 6.22. The minimum Gasteiger partial charge on any atom is -0.480 e. The van der Waals surface area contributed by atoms with Crippen LogP contribution in [0.25, 0.3) is 0 Å². The number of aliphatic carboxylic acids is 1. The highest BCUT2D eigenvalue weighted by Gasteiger charge is 2.52. The molecule has 2 amide bonds. The first-order chi connectivity index (χ1) is 15.4. The van der Waals surface area contributed by atoms with Gasteiger partial charge < -0.3 is 14.9 Å². The fourth-order valence-electron chi connectivity index (χ4n) is 4.61. The lowest BCUT2D eigenvalue weighted by atomic mass is 9.95. The highest BCUT2D eigenvalue weighted by atomic mass is 16.4. The van der Waals surface area contributed by atoms with Crippen LogP contribution in [-0.4, -0.2) is 64.0 Å². The number of rotatable bonds is 5. The number of benzene rings is 2. The van der Waals surface area contributed by atoms with E-state index in [-0.39, 0.29) is 18.4 Å². The van der Waals surface area contributed by atoms with E-state index in [0.717, 1.165) is 5.56 Å². The number of nitrogens with one attached hydrogen (secondary N) is 1. The zero-order valence-electron chi connectivity index (χ0n) is 17.5. The lowest BCUT2D eigenvalue weighted by Crippen LogP contribution is -2.60. The largest absolute Gasteiger partial charge is 0.480 e. The summed E-state index contributed by atoms with van der Waals surface area (Å²) in [5.41, 5.74) is 1.07. The van der Waals surface area contributed by atoms with Crippen molar-refractivity contribution in [1.29, 1.82) is 5.26 Å².